The normalized spacial score (nSPS) is 14.0. The molecular formula is C13H17FN2O2. The van der Waals surface area contributed by atoms with Crippen molar-refractivity contribution in [3.8, 4) is 5.75 Å². The zero-order valence-electron chi connectivity index (χ0n) is 10.4. The summed E-state index contributed by atoms with van der Waals surface area (Å²) in [5.74, 6) is 0.155. The number of nitrogens with zero attached hydrogens (tertiary/aromatic N) is 1. The van der Waals surface area contributed by atoms with E-state index in [0.717, 1.165) is 13.0 Å². The van der Waals surface area contributed by atoms with Crippen LogP contribution in [0, 0.1) is 5.82 Å². The van der Waals surface area contributed by atoms with Crippen molar-refractivity contribution in [3.05, 3.63) is 24.0 Å². The molecule has 1 aliphatic heterocycles. The topological polar surface area (TPSA) is 41.6 Å². The van der Waals surface area contributed by atoms with Crippen molar-refractivity contribution in [1.82, 2.24) is 5.32 Å². The van der Waals surface area contributed by atoms with Gasteiger partial charge in [0, 0.05) is 12.5 Å². The van der Waals surface area contributed by atoms with Crippen molar-refractivity contribution >= 4 is 11.6 Å². The predicted molar refractivity (Wildman–Crippen MR) is 67.4 cm³/mol. The summed E-state index contributed by atoms with van der Waals surface area (Å²) in [6.45, 7) is 1.75. The van der Waals surface area contributed by atoms with E-state index in [-0.39, 0.29) is 11.7 Å². The molecule has 0 fully saturated rings. The molecule has 1 aliphatic rings. The highest BCUT2D eigenvalue weighted by atomic mass is 19.1. The van der Waals surface area contributed by atoms with Gasteiger partial charge < -0.3 is 15.0 Å². The maximum Gasteiger partial charge on any atom is 0.227 e. The molecule has 0 radical (unpaired) electrons. The van der Waals surface area contributed by atoms with Crippen LogP contribution in [-0.4, -0.2) is 32.7 Å². The molecule has 0 saturated heterocycles. The summed E-state index contributed by atoms with van der Waals surface area (Å²) in [6.07, 6.45) is 1.28. The van der Waals surface area contributed by atoms with Crippen LogP contribution in [0.4, 0.5) is 10.1 Å². The van der Waals surface area contributed by atoms with E-state index >= 15 is 0 Å². The first-order chi connectivity index (χ1) is 8.72. The Morgan fingerprint density at radius 2 is 2.39 bits per heavy atom. The Hall–Kier alpha value is -1.62. The highest BCUT2D eigenvalue weighted by molar-refractivity contribution is 5.95. The molecule has 1 heterocycles. The number of halogens is 1. The molecule has 4 nitrogen and oxygen atoms in total. The lowest BCUT2D eigenvalue weighted by atomic mass is 10.2. The van der Waals surface area contributed by atoms with Gasteiger partial charge in [0.25, 0.3) is 0 Å². The number of rotatable bonds is 4. The number of carbonyl (C=O) groups excluding carboxylic acids is 1. The first-order valence-corrected chi connectivity index (χ1v) is 6.09. The fourth-order valence-corrected chi connectivity index (χ4v) is 2.00. The molecular weight excluding hydrogens is 235 g/mol. The Morgan fingerprint density at radius 3 is 3.17 bits per heavy atom. The summed E-state index contributed by atoms with van der Waals surface area (Å²) in [5, 5.41) is 3.01. The highest BCUT2D eigenvalue weighted by Crippen LogP contribution is 2.32. The lowest BCUT2D eigenvalue weighted by molar-refractivity contribution is -0.118. The maximum atomic E-state index is 13.1. The second-order valence-corrected chi connectivity index (χ2v) is 4.21. The predicted octanol–water partition coefficient (Wildman–Crippen LogP) is 1.55. The molecule has 0 spiro atoms. The van der Waals surface area contributed by atoms with Crippen LogP contribution in [0.1, 0.15) is 12.8 Å². The molecule has 0 saturated carbocycles. The van der Waals surface area contributed by atoms with Crippen LogP contribution in [0.3, 0.4) is 0 Å². The summed E-state index contributed by atoms with van der Waals surface area (Å²) < 4.78 is 18.4. The molecule has 2 rings (SSSR count). The van der Waals surface area contributed by atoms with E-state index in [0.29, 0.717) is 31.0 Å². The monoisotopic (exact) mass is 252 g/mol. The summed E-state index contributed by atoms with van der Waals surface area (Å²) in [7, 11) is 1.86. The minimum atomic E-state index is -0.349. The summed E-state index contributed by atoms with van der Waals surface area (Å²) >= 11 is 0. The number of nitrogens with one attached hydrogen (secondary N) is 1. The van der Waals surface area contributed by atoms with E-state index in [4.69, 9.17) is 4.74 Å². The SMILES string of the molecule is CNCCCC(=O)N1CCOc2cc(F)ccc21. The van der Waals surface area contributed by atoms with Crippen molar-refractivity contribution in [2.24, 2.45) is 0 Å². The molecule has 1 aromatic carbocycles. The molecule has 1 amide bonds. The number of hydrogen-bond donors (Lipinski definition) is 1. The van der Waals surface area contributed by atoms with Crippen LogP contribution >= 0.6 is 0 Å². The van der Waals surface area contributed by atoms with E-state index < -0.39 is 0 Å². The Bertz CT molecular complexity index is 437. The first-order valence-electron chi connectivity index (χ1n) is 6.09. The van der Waals surface area contributed by atoms with Gasteiger partial charge in [-0.15, -0.1) is 0 Å². The van der Waals surface area contributed by atoms with Crippen LogP contribution in [0.25, 0.3) is 0 Å². The van der Waals surface area contributed by atoms with Crippen molar-refractivity contribution in [2.45, 2.75) is 12.8 Å². The quantitative estimate of drug-likeness (QED) is 0.827. The van der Waals surface area contributed by atoms with Crippen molar-refractivity contribution in [1.29, 1.82) is 0 Å². The fraction of sp³-hybridized carbons (Fsp3) is 0.462. The molecule has 0 aliphatic carbocycles. The van der Waals surface area contributed by atoms with Crippen LogP contribution in [0.2, 0.25) is 0 Å². The molecule has 0 unspecified atom stereocenters. The third kappa shape index (κ3) is 2.79. The second-order valence-electron chi connectivity index (χ2n) is 4.21. The number of amides is 1. The van der Waals surface area contributed by atoms with Gasteiger partial charge in [-0.2, -0.15) is 0 Å². The zero-order valence-corrected chi connectivity index (χ0v) is 10.4. The largest absolute Gasteiger partial charge is 0.489 e. The van der Waals surface area contributed by atoms with Gasteiger partial charge in [-0.3, -0.25) is 4.79 Å². The lowest BCUT2D eigenvalue weighted by Crippen LogP contribution is -2.38. The summed E-state index contributed by atoms with van der Waals surface area (Å²) in [4.78, 5) is 13.7. The number of ether oxygens (including phenoxy) is 1. The molecule has 0 atom stereocenters. The minimum absolute atomic E-state index is 0.0569. The number of hydrogen-bond acceptors (Lipinski definition) is 3. The smallest absolute Gasteiger partial charge is 0.227 e. The van der Waals surface area contributed by atoms with E-state index in [1.807, 2.05) is 7.05 Å². The third-order valence-corrected chi connectivity index (χ3v) is 2.90. The minimum Gasteiger partial charge on any atom is -0.489 e. The molecule has 1 N–H and O–H groups in total. The van der Waals surface area contributed by atoms with E-state index in [9.17, 15) is 9.18 Å². The van der Waals surface area contributed by atoms with Gasteiger partial charge in [0.05, 0.1) is 12.2 Å². The Morgan fingerprint density at radius 1 is 1.56 bits per heavy atom. The van der Waals surface area contributed by atoms with E-state index in [1.54, 1.807) is 11.0 Å². The molecule has 0 aromatic heterocycles. The molecule has 98 valence electrons. The van der Waals surface area contributed by atoms with Gasteiger partial charge in [-0.25, -0.2) is 4.39 Å². The maximum absolute atomic E-state index is 13.1. The lowest BCUT2D eigenvalue weighted by Gasteiger charge is -2.29. The molecule has 0 bridgehead atoms. The van der Waals surface area contributed by atoms with Crippen LogP contribution in [-0.2, 0) is 4.79 Å². The first kappa shape index (κ1) is 12.8. The number of carbonyl (C=O) groups is 1. The second kappa shape index (κ2) is 5.82. The van der Waals surface area contributed by atoms with Crippen LogP contribution < -0.4 is 15.0 Å². The fourth-order valence-electron chi connectivity index (χ4n) is 2.00. The molecule has 1 aromatic rings. The Kier molecular flexibility index (Phi) is 4.15. The van der Waals surface area contributed by atoms with Gasteiger partial charge in [0.2, 0.25) is 5.91 Å². The highest BCUT2D eigenvalue weighted by Gasteiger charge is 2.23. The van der Waals surface area contributed by atoms with Gasteiger partial charge in [-0.1, -0.05) is 0 Å². The zero-order chi connectivity index (χ0) is 13.0. The third-order valence-electron chi connectivity index (χ3n) is 2.90. The summed E-state index contributed by atoms with van der Waals surface area (Å²) in [6, 6.07) is 4.27. The average Bonchev–Trinajstić information content (AvgIpc) is 2.37. The Labute approximate surface area is 106 Å². The Balaban J connectivity index is 2.09. The molecule has 5 heteroatoms. The van der Waals surface area contributed by atoms with Crippen molar-refractivity contribution < 1.29 is 13.9 Å². The van der Waals surface area contributed by atoms with Crippen molar-refractivity contribution in [3.63, 3.8) is 0 Å². The number of fused-ring (bicyclic) bond motifs is 1. The van der Waals surface area contributed by atoms with E-state index in [2.05, 4.69) is 5.32 Å². The van der Waals surface area contributed by atoms with E-state index in [1.165, 1.54) is 12.1 Å². The van der Waals surface area contributed by atoms with Crippen LogP contribution in [0.5, 0.6) is 5.75 Å². The van der Waals surface area contributed by atoms with Gasteiger partial charge in [-0.05, 0) is 32.1 Å². The average molecular weight is 252 g/mol. The number of benzene rings is 1. The summed E-state index contributed by atoms with van der Waals surface area (Å²) in [5.41, 5.74) is 0.664. The van der Waals surface area contributed by atoms with Gasteiger partial charge in [0.1, 0.15) is 18.2 Å². The molecule has 18 heavy (non-hydrogen) atoms. The number of anilines is 1. The van der Waals surface area contributed by atoms with Crippen LogP contribution in [0.15, 0.2) is 18.2 Å². The standard InChI is InChI=1S/C13H17FN2O2/c1-15-6-2-3-13(17)16-7-8-18-12-9-10(14)4-5-11(12)16/h4-5,9,15H,2-3,6-8H2,1H3. The van der Waals surface area contributed by atoms with Crippen molar-refractivity contribution in [2.75, 3.05) is 31.6 Å². The van der Waals surface area contributed by atoms with Gasteiger partial charge >= 0.3 is 0 Å². The van der Waals surface area contributed by atoms with Gasteiger partial charge in [0.15, 0.2) is 0 Å².